The number of nitro groups is 1. The van der Waals surface area contributed by atoms with Crippen molar-refractivity contribution in [1.82, 2.24) is 0 Å². The summed E-state index contributed by atoms with van der Waals surface area (Å²) >= 11 is 0. The summed E-state index contributed by atoms with van der Waals surface area (Å²) in [6, 6.07) is 11.0. The average Bonchev–Trinajstić information content (AvgIpc) is 3.05. The van der Waals surface area contributed by atoms with Crippen LogP contribution in [-0.4, -0.2) is 34.9 Å². The third-order valence-corrected chi connectivity index (χ3v) is 5.07. The maximum atomic E-state index is 11.1. The lowest BCUT2D eigenvalue weighted by molar-refractivity contribution is -0.383. The monoisotopic (exact) mass is 352 g/mol. The van der Waals surface area contributed by atoms with Crippen LogP contribution in [0.3, 0.4) is 0 Å². The molecule has 0 atom stereocenters. The van der Waals surface area contributed by atoms with Crippen molar-refractivity contribution in [2.45, 2.75) is 25.4 Å². The Balaban J connectivity index is 1.57. The summed E-state index contributed by atoms with van der Waals surface area (Å²) in [7, 11) is 0. The molecular formula is C19H20N4O3. The second kappa shape index (κ2) is 6.42. The number of rotatable bonds is 3. The smallest absolute Gasteiger partial charge is 0.292 e. The third-order valence-electron chi connectivity index (χ3n) is 5.07. The first-order chi connectivity index (χ1) is 12.5. The van der Waals surface area contributed by atoms with Gasteiger partial charge in [-0.25, -0.2) is 0 Å². The standard InChI is InChI=1S/C19H20N4O3/c20-16-3-1-12(11-19(16)23(25)26)18-10-13-9-14(2-4-17(13)21-18)22-7-5-15(24)6-8-22/h1-4,9,11,15,24H,5-8,10,20H2. The first-order valence-electron chi connectivity index (χ1n) is 8.69. The molecule has 2 aromatic rings. The fraction of sp³-hybridized carbons (Fsp3) is 0.316. The van der Waals surface area contributed by atoms with E-state index in [4.69, 9.17) is 5.73 Å². The van der Waals surface area contributed by atoms with Gasteiger partial charge in [0.1, 0.15) is 5.69 Å². The Labute approximate surface area is 150 Å². The lowest BCUT2D eigenvalue weighted by Gasteiger charge is -2.31. The van der Waals surface area contributed by atoms with Gasteiger partial charge in [0.25, 0.3) is 5.69 Å². The van der Waals surface area contributed by atoms with E-state index in [1.807, 2.05) is 6.07 Å². The fourth-order valence-corrected chi connectivity index (χ4v) is 3.56. The van der Waals surface area contributed by atoms with Crippen molar-refractivity contribution >= 4 is 28.5 Å². The van der Waals surface area contributed by atoms with Gasteiger partial charge >= 0.3 is 0 Å². The van der Waals surface area contributed by atoms with Crippen molar-refractivity contribution in [2.24, 2.45) is 4.99 Å². The summed E-state index contributed by atoms with van der Waals surface area (Å²) in [5.41, 5.74) is 10.4. The van der Waals surface area contributed by atoms with E-state index in [2.05, 4.69) is 22.0 Å². The van der Waals surface area contributed by atoms with E-state index in [-0.39, 0.29) is 17.5 Å². The molecule has 0 saturated carbocycles. The predicted octanol–water partition coefficient (Wildman–Crippen LogP) is 2.82. The van der Waals surface area contributed by atoms with E-state index in [1.165, 1.54) is 6.07 Å². The number of aliphatic imine (C=N–C) groups is 1. The number of aliphatic hydroxyl groups excluding tert-OH is 1. The quantitative estimate of drug-likeness (QED) is 0.502. The van der Waals surface area contributed by atoms with Crippen LogP contribution in [0.5, 0.6) is 0 Å². The minimum atomic E-state index is -0.468. The number of nitro benzene ring substituents is 1. The molecule has 2 aliphatic heterocycles. The molecule has 7 heteroatoms. The molecule has 0 radical (unpaired) electrons. The van der Waals surface area contributed by atoms with Crippen molar-refractivity contribution in [3.05, 3.63) is 57.6 Å². The van der Waals surface area contributed by atoms with Gasteiger partial charge in [-0.15, -0.1) is 0 Å². The molecule has 134 valence electrons. The van der Waals surface area contributed by atoms with E-state index in [9.17, 15) is 15.2 Å². The van der Waals surface area contributed by atoms with Gasteiger partial charge in [-0.1, -0.05) is 6.07 Å². The Morgan fingerprint density at radius 1 is 1.19 bits per heavy atom. The van der Waals surface area contributed by atoms with Crippen LogP contribution in [0.2, 0.25) is 0 Å². The number of nitrogens with two attached hydrogens (primary N) is 1. The molecule has 1 fully saturated rings. The van der Waals surface area contributed by atoms with Crippen molar-refractivity contribution in [3.8, 4) is 0 Å². The zero-order valence-electron chi connectivity index (χ0n) is 14.3. The molecule has 0 spiro atoms. The molecule has 2 aliphatic rings. The van der Waals surface area contributed by atoms with Gasteiger partial charge < -0.3 is 15.7 Å². The van der Waals surface area contributed by atoms with Gasteiger partial charge in [-0.3, -0.25) is 15.1 Å². The SMILES string of the molecule is Nc1ccc(C2=Nc3ccc(N4CCC(O)CC4)cc3C2)cc1[N+](=O)[O-]. The van der Waals surface area contributed by atoms with Crippen LogP contribution in [0.1, 0.15) is 24.0 Å². The van der Waals surface area contributed by atoms with E-state index >= 15 is 0 Å². The van der Waals surface area contributed by atoms with Crippen molar-refractivity contribution < 1.29 is 10.0 Å². The zero-order chi connectivity index (χ0) is 18.3. The number of piperidine rings is 1. The fourth-order valence-electron chi connectivity index (χ4n) is 3.56. The normalized spacial score (nSPS) is 17.1. The number of fused-ring (bicyclic) bond motifs is 1. The molecule has 0 aliphatic carbocycles. The summed E-state index contributed by atoms with van der Waals surface area (Å²) in [5, 5.41) is 20.8. The molecule has 26 heavy (non-hydrogen) atoms. The minimum Gasteiger partial charge on any atom is -0.393 e. The molecule has 0 bridgehead atoms. The molecule has 2 heterocycles. The first-order valence-corrected chi connectivity index (χ1v) is 8.69. The molecule has 3 N–H and O–H groups in total. The maximum Gasteiger partial charge on any atom is 0.292 e. The Bertz CT molecular complexity index is 902. The van der Waals surface area contributed by atoms with Crippen LogP contribution >= 0.6 is 0 Å². The summed E-state index contributed by atoms with van der Waals surface area (Å²) in [4.78, 5) is 17.6. The van der Waals surface area contributed by atoms with Gasteiger partial charge in [-0.2, -0.15) is 0 Å². The second-order valence-corrected chi connectivity index (χ2v) is 6.80. The third kappa shape index (κ3) is 3.01. The zero-order valence-corrected chi connectivity index (χ0v) is 14.3. The molecule has 0 amide bonds. The van der Waals surface area contributed by atoms with Crippen molar-refractivity contribution in [3.63, 3.8) is 0 Å². The minimum absolute atomic E-state index is 0.0891. The van der Waals surface area contributed by atoms with Gasteiger partial charge in [0.05, 0.1) is 22.4 Å². The van der Waals surface area contributed by atoms with Gasteiger partial charge in [0.15, 0.2) is 0 Å². The van der Waals surface area contributed by atoms with Crippen LogP contribution in [-0.2, 0) is 6.42 Å². The van der Waals surface area contributed by atoms with E-state index in [1.54, 1.807) is 12.1 Å². The maximum absolute atomic E-state index is 11.1. The Hall–Kier alpha value is -2.93. The molecule has 0 aromatic heterocycles. The van der Waals surface area contributed by atoms with Crippen LogP contribution in [0.15, 0.2) is 41.4 Å². The lowest BCUT2D eigenvalue weighted by atomic mass is 10.0. The molecule has 2 aromatic carbocycles. The number of aliphatic hydroxyl groups is 1. The van der Waals surface area contributed by atoms with E-state index < -0.39 is 4.92 Å². The highest BCUT2D eigenvalue weighted by atomic mass is 16.6. The first kappa shape index (κ1) is 16.5. The summed E-state index contributed by atoms with van der Waals surface area (Å²) in [5.74, 6) is 0. The topological polar surface area (TPSA) is 105 Å². The summed E-state index contributed by atoms with van der Waals surface area (Å²) < 4.78 is 0. The number of hydrogen-bond acceptors (Lipinski definition) is 6. The van der Waals surface area contributed by atoms with Crippen molar-refractivity contribution in [2.75, 3.05) is 23.7 Å². The highest BCUT2D eigenvalue weighted by Crippen LogP contribution is 2.34. The van der Waals surface area contributed by atoms with Crippen LogP contribution in [0.4, 0.5) is 22.7 Å². The highest BCUT2D eigenvalue weighted by Gasteiger charge is 2.22. The molecule has 0 unspecified atom stereocenters. The van der Waals surface area contributed by atoms with Gasteiger partial charge in [0, 0.05) is 36.8 Å². The Kier molecular flexibility index (Phi) is 4.08. The summed E-state index contributed by atoms with van der Waals surface area (Å²) in [6.07, 6.45) is 2.01. The van der Waals surface area contributed by atoms with Crippen LogP contribution in [0.25, 0.3) is 0 Å². The Morgan fingerprint density at radius 3 is 2.69 bits per heavy atom. The van der Waals surface area contributed by atoms with Crippen LogP contribution < -0.4 is 10.6 Å². The van der Waals surface area contributed by atoms with Gasteiger partial charge in [0.2, 0.25) is 0 Å². The van der Waals surface area contributed by atoms with Crippen molar-refractivity contribution in [1.29, 1.82) is 0 Å². The van der Waals surface area contributed by atoms with Crippen LogP contribution in [0, 0.1) is 10.1 Å². The number of hydrogen-bond donors (Lipinski definition) is 2. The largest absolute Gasteiger partial charge is 0.393 e. The lowest BCUT2D eigenvalue weighted by Crippen LogP contribution is -2.35. The van der Waals surface area contributed by atoms with E-state index in [0.29, 0.717) is 6.42 Å². The van der Waals surface area contributed by atoms with Gasteiger partial charge in [-0.05, 0) is 42.7 Å². The number of anilines is 2. The molecular weight excluding hydrogens is 332 g/mol. The predicted molar refractivity (Wildman–Crippen MR) is 101 cm³/mol. The number of benzene rings is 2. The summed E-state index contributed by atoms with van der Waals surface area (Å²) in [6.45, 7) is 1.69. The Morgan fingerprint density at radius 2 is 1.96 bits per heavy atom. The van der Waals surface area contributed by atoms with E-state index in [0.717, 1.165) is 54.1 Å². The highest BCUT2D eigenvalue weighted by molar-refractivity contribution is 6.07. The molecule has 1 saturated heterocycles. The average molecular weight is 352 g/mol. The molecule has 7 nitrogen and oxygen atoms in total. The number of nitrogen functional groups attached to an aromatic ring is 1. The second-order valence-electron chi connectivity index (χ2n) is 6.80. The number of nitrogens with zero attached hydrogens (tertiary/aromatic N) is 3. The molecule has 4 rings (SSSR count).